The molecule has 4 rings (SSSR count). The van der Waals surface area contributed by atoms with Gasteiger partial charge in [-0.1, -0.05) is 64.7 Å². The van der Waals surface area contributed by atoms with E-state index in [0.29, 0.717) is 17.9 Å². The lowest BCUT2D eigenvalue weighted by Crippen LogP contribution is -2.17. The van der Waals surface area contributed by atoms with Gasteiger partial charge < -0.3 is 19.5 Å². The molecule has 0 aliphatic rings. The van der Waals surface area contributed by atoms with Crippen LogP contribution in [0.1, 0.15) is 23.1 Å². The predicted molar refractivity (Wildman–Crippen MR) is 158 cm³/mol. The Bertz CT molecular complexity index is 1340. The number of phenolic OH excluding ortho intramolecular Hbond substituents is 1. The maximum Gasteiger partial charge on any atom is 0.336 e. The van der Waals surface area contributed by atoms with Gasteiger partial charge in [-0.25, -0.2) is 4.98 Å². The number of benzene rings is 3. The monoisotopic (exact) mass is 581 g/mol. The summed E-state index contributed by atoms with van der Waals surface area (Å²) in [4.78, 5) is 8.65. The van der Waals surface area contributed by atoms with E-state index in [1.807, 2.05) is 24.3 Å². The van der Waals surface area contributed by atoms with Crippen LogP contribution >= 0.6 is 23.2 Å². The van der Waals surface area contributed by atoms with E-state index in [4.69, 9.17) is 32.7 Å². The molecule has 1 aromatic heterocycles. The molecule has 0 radical (unpaired) electrons. The van der Waals surface area contributed by atoms with E-state index in [2.05, 4.69) is 70.4 Å². The van der Waals surface area contributed by atoms with Gasteiger partial charge in [-0.05, 0) is 68.5 Å². The highest BCUT2D eigenvalue weighted by atomic mass is 35.5. The van der Waals surface area contributed by atoms with E-state index in [0.717, 1.165) is 44.0 Å². The predicted octanol–water partition coefficient (Wildman–Crippen LogP) is 6.09. The van der Waals surface area contributed by atoms with Gasteiger partial charge in [0.1, 0.15) is 18.1 Å². The molecule has 8 nitrogen and oxygen atoms in total. The van der Waals surface area contributed by atoms with Crippen molar-refractivity contribution < 1.29 is 14.6 Å². The van der Waals surface area contributed by atoms with Gasteiger partial charge in [-0.15, -0.1) is 5.10 Å². The van der Waals surface area contributed by atoms with Crippen molar-refractivity contribution in [2.24, 2.45) is 0 Å². The summed E-state index contributed by atoms with van der Waals surface area (Å²) < 4.78 is 11.5. The molecule has 3 aromatic carbocycles. The molecule has 0 saturated carbocycles. The van der Waals surface area contributed by atoms with Gasteiger partial charge in [0, 0.05) is 25.2 Å². The van der Waals surface area contributed by atoms with E-state index < -0.39 is 0 Å². The molecule has 210 valence electrons. The van der Waals surface area contributed by atoms with Crippen molar-refractivity contribution in [2.75, 3.05) is 34.3 Å². The van der Waals surface area contributed by atoms with Crippen molar-refractivity contribution >= 4 is 23.2 Å². The van der Waals surface area contributed by atoms with Crippen LogP contribution in [0, 0.1) is 0 Å². The maximum absolute atomic E-state index is 9.72. The highest BCUT2D eigenvalue weighted by Crippen LogP contribution is 2.35. The normalized spacial score (nSPS) is 11.3. The Morgan fingerprint density at radius 1 is 0.800 bits per heavy atom. The Labute approximate surface area is 245 Å². The van der Waals surface area contributed by atoms with Crippen molar-refractivity contribution in [3.8, 4) is 28.8 Å². The van der Waals surface area contributed by atoms with Gasteiger partial charge >= 0.3 is 6.01 Å². The second-order valence-corrected chi connectivity index (χ2v) is 10.7. The Morgan fingerprint density at radius 2 is 1.40 bits per heavy atom. The summed E-state index contributed by atoms with van der Waals surface area (Å²) in [6.45, 7) is 3.73. The van der Waals surface area contributed by atoms with Crippen LogP contribution in [0.3, 0.4) is 0 Å². The number of aromatic nitrogens is 3. The molecule has 0 bridgehead atoms. The van der Waals surface area contributed by atoms with Gasteiger partial charge in [0.05, 0.1) is 22.8 Å². The average Bonchev–Trinajstić information content (AvgIpc) is 2.94. The first-order valence-corrected chi connectivity index (χ1v) is 13.7. The molecular formula is C30H33Cl2N5O3. The zero-order valence-electron chi connectivity index (χ0n) is 22.8. The standard InChI is InChI=1S/C30H33Cl2N5O3/c1-36(2)13-4-14-39-25-11-9-22(10-12-25)19-37(3)18-21-5-7-23(8-6-21)20-40-30-33-17-28(34-35-30)24-15-26(31)29(38)27(32)16-24/h5-12,15-17,38H,4,13-14,18-20H2,1-3H3. The third kappa shape index (κ3) is 8.79. The number of aromatic hydroxyl groups is 1. The summed E-state index contributed by atoms with van der Waals surface area (Å²) in [5.74, 6) is 0.736. The van der Waals surface area contributed by atoms with Crippen LogP contribution in [0.25, 0.3) is 11.3 Å². The minimum Gasteiger partial charge on any atom is -0.505 e. The molecule has 1 N–H and O–H groups in total. The maximum atomic E-state index is 9.72. The van der Waals surface area contributed by atoms with Crippen LogP contribution in [0.2, 0.25) is 10.0 Å². The number of halogens is 2. The Balaban J connectivity index is 1.22. The first kappa shape index (κ1) is 29.6. The minimum absolute atomic E-state index is 0.130. The SMILES string of the molecule is CN(C)CCCOc1ccc(CN(C)Cc2ccc(COc3ncc(-c4cc(Cl)c(O)c(Cl)c4)nn3)cc2)cc1. The van der Waals surface area contributed by atoms with Crippen LogP contribution in [0.4, 0.5) is 0 Å². The smallest absolute Gasteiger partial charge is 0.336 e. The van der Waals surface area contributed by atoms with Crippen molar-refractivity contribution in [1.29, 1.82) is 0 Å². The third-order valence-corrected chi connectivity index (χ3v) is 6.67. The number of hydrogen-bond acceptors (Lipinski definition) is 8. The molecule has 0 fully saturated rings. The van der Waals surface area contributed by atoms with E-state index in [-0.39, 0.29) is 21.8 Å². The summed E-state index contributed by atoms with van der Waals surface area (Å²) in [6.07, 6.45) is 2.53. The summed E-state index contributed by atoms with van der Waals surface area (Å²) in [5, 5.41) is 18.1. The number of rotatable bonds is 13. The Hall–Kier alpha value is -3.43. The molecule has 0 amide bonds. The average molecular weight is 583 g/mol. The fourth-order valence-electron chi connectivity index (χ4n) is 4.01. The molecule has 0 aliphatic heterocycles. The Morgan fingerprint density at radius 3 is 1.98 bits per heavy atom. The molecule has 0 spiro atoms. The highest BCUT2D eigenvalue weighted by Gasteiger charge is 2.11. The van der Waals surface area contributed by atoms with Gasteiger partial charge in [-0.3, -0.25) is 4.90 Å². The molecule has 0 unspecified atom stereocenters. The van der Waals surface area contributed by atoms with Gasteiger partial charge in [0.15, 0.2) is 5.75 Å². The highest BCUT2D eigenvalue weighted by molar-refractivity contribution is 6.37. The fraction of sp³-hybridized carbons (Fsp3) is 0.300. The lowest BCUT2D eigenvalue weighted by molar-refractivity contribution is 0.276. The van der Waals surface area contributed by atoms with E-state index >= 15 is 0 Å². The minimum atomic E-state index is -0.173. The second kappa shape index (κ2) is 14.3. The molecule has 0 aliphatic carbocycles. The molecule has 1 heterocycles. The molecule has 4 aromatic rings. The molecule has 0 saturated heterocycles. The fourth-order valence-corrected chi connectivity index (χ4v) is 4.49. The molecular weight excluding hydrogens is 549 g/mol. The van der Waals surface area contributed by atoms with E-state index in [9.17, 15) is 5.11 Å². The van der Waals surface area contributed by atoms with Crippen LogP contribution in [-0.2, 0) is 19.7 Å². The van der Waals surface area contributed by atoms with E-state index in [1.54, 1.807) is 12.1 Å². The van der Waals surface area contributed by atoms with Gasteiger partial charge in [0.25, 0.3) is 0 Å². The summed E-state index contributed by atoms with van der Waals surface area (Å²) >= 11 is 12.0. The van der Waals surface area contributed by atoms with Crippen LogP contribution < -0.4 is 9.47 Å². The zero-order valence-corrected chi connectivity index (χ0v) is 24.4. The second-order valence-electron chi connectivity index (χ2n) is 9.84. The lowest BCUT2D eigenvalue weighted by Gasteiger charge is -2.17. The van der Waals surface area contributed by atoms with Gasteiger partial charge in [0.2, 0.25) is 0 Å². The number of ether oxygens (including phenoxy) is 2. The Kier molecular flexibility index (Phi) is 10.5. The van der Waals surface area contributed by atoms with Crippen molar-refractivity contribution in [3.05, 3.63) is 93.6 Å². The van der Waals surface area contributed by atoms with Crippen LogP contribution in [0.5, 0.6) is 17.5 Å². The summed E-state index contributed by atoms with van der Waals surface area (Å²) in [7, 11) is 6.25. The van der Waals surface area contributed by atoms with Gasteiger partial charge in [-0.2, -0.15) is 0 Å². The molecule has 40 heavy (non-hydrogen) atoms. The van der Waals surface area contributed by atoms with E-state index in [1.165, 1.54) is 17.3 Å². The van der Waals surface area contributed by atoms with Crippen molar-refractivity contribution in [3.63, 3.8) is 0 Å². The quantitative estimate of drug-likeness (QED) is 0.190. The zero-order chi connectivity index (χ0) is 28.5. The van der Waals surface area contributed by atoms with Crippen molar-refractivity contribution in [2.45, 2.75) is 26.1 Å². The number of hydrogen-bond donors (Lipinski definition) is 1. The van der Waals surface area contributed by atoms with Crippen LogP contribution in [-0.4, -0.2) is 64.4 Å². The topological polar surface area (TPSA) is 83.8 Å². The van der Waals surface area contributed by atoms with Crippen LogP contribution in [0.15, 0.2) is 66.9 Å². The number of nitrogens with zero attached hydrogens (tertiary/aromatic N) is 5. The third-order valence-electron chi connectivity index (χ3n) is 6.09. The first-order chi connectivity index (χ1) is 19.3. The lowest BCUT2D eigenvalue weighted by atomic mass is 10.1. The summed E-state index contributed by atoms with van der Waals surface area (Å²) in [6, 6.07) is 19.9. The van der Waals surface area contributed by atoms with Crippen molar-refractivity contribution in [1.82, 2.24) is 25.0 Å². The largest absolute Gasteiger partial charge is 0.505 e. The number of phenols is 1. The molecule has 10 heteroatoms. The first-order valence-electron chi connectivity index (χ1n) is 12.9. The summed E-state index contributed by atoms with van der Waals surface area (Å²) in [5.41, 5.74) is 4.50. The molecule has 0 atom stereocenters.